The van der Waals surface area contributed by atoms with Crippen molar-refractivity contribution >= 4 is 42.7 Å². The van der Waals surface area contributed by atoms with Crippen LogP contribution in [0.25, 0.3) is 11.0 Å². The smallest absolute Gasteiger partial charge is 0.453 e. The topological polar surface area (TPSA) is 123 Å². The highest BCUT2D eigenvalue weighted by Gasteiger charge is 2.19. The van der Waals surface area contributed by atoms with Crippen LogP contribution in [0, 0.1) is 0 Å². The number of aromatic nitrogens is 2. The van der Waals surface area contributed by atoms with E-state index in [4.69, 9.17) is 9.79 Å². The zero-order chi connectivity index (χ0) is 19.4. The monoisotopic (exact) mass is 409 g/mol. The van der Waals surface area contributed by atoms with Gasteiger partial charge in [0, 0.05) is 9.79 Å². The normalized spacial score (nSPS) is 11.5. The summed E-state index contributed by atoms with van der Waals surface area (Å²) in [5, 5.41) is 2.41. The van der Waals surface area contributed by atoms with E-state index in [9.17, 15) is 9.36 Å². The second-order valence-corrected chi connectivity index (χ2v) is 7.68. The number of anilines is 1. The van der Waals surface area contributed by atoms with Crippen molar-refractivity contribution in [3.8, 4) is 0 Å². The van der Waals surface area contributed by atoms with E-state index in [0.717, 1.165) is 9.79 Å². The molecule has 3 N–H and O–H groups in total. The Kier molecular flexibility index (Phi) is 5.83. The molecule has 1 amide bonds. The number of phosphoric ester groups is 1. The van der Waals surface area contributed by atoms with Gasteiger partial charge >= 0.3 is 13.9 Å². The molecule has 0 saturated carbocycles. The summed E-state index contributed by atoms with van der Waals surface area (Å²) in [5.74, 6) is 0.0483. The number of methoxy groups -OCH3 is 1. The van der Waals surface area contributed by atoms with Gasteiger partial charge in [0.25, 0.3) is 0 Å². The lowest BCUT2D eigenvalue weighted by Gasteiger charge is -2.11. The molecule has 142 valence electrons. The fourth-order valence-electron chi connectivity index (χ4n) is 2.29. The van der Waals surface area contributed by atoms with Gasteiger partial charge in [0.05, 0.1) is 18.1 Å². The van der Waals surface area contributed by atoms with Crippen LogP contribution in [-0.2, 0) is 20.6 Å². The Morgan fingerprint density at radius 1 is 1.22 bits per heavy atom. The van der Waals surface area contributed by atoms with E-state index < -0.39 is 20.6 Å². The lowest BCUT2D eigenvalue weighted by molar-refractivity contribution is 0.157. The molecule has 11 heteroatoms. The predicted octanol–water partition coefficient (Wildman–Crippen LogP) is 3.43. The van der Waals surface area contributed by atoms with Crippen molar-refractivity contribution in [2.24, 2.45) is 0 Å². The van der Waals surface area contributed by atoms with E-state index in [0.29, 0.717) is 11.0 Å². The van der Waals surface area contributed by atoms with Gasteiger partial charge in [-0.1, -0.05) is 30.0 Å². The number of ether oxygens (including phenoxy) is 1. The molecule has 27 heavy (non-hydrogen) atoms. The molecular formula is C16H16N3O6PS. The third-order valence-corrected chi connectivity index (χ3v) is 4.90. The number of phosphoric acid groups is 1. The van der Waals surface area contributed by atoms with Crippen LogP contribution in [0.5, 0.6) is 0 Å². The number of rotatable bonds is 6. The highest BCUT2D eigenvalue weighted by atomic mass is 32.2. The Morgan fingerprint density at radius 2 is 1.96 bits per heavy atom. The number of hydrogen-bond acceptors (Lipinski definition) is 6. The molecule has 0 saturated heterocycles. The summed E-state index contributed by atoms with van der Waals surface area (Å²) in [6, 6.07) is 15.1. The van der Waals surface area contributed by atoms with Crippen molar-refractivity contribution in [3.63, 3.8) is 0 Å². The maximum Gasteiger partial charge on any atom is 0.471 e. The largest absolute Gasteiger partial charge is 0.471 e. The number of carbonyl (C=O) groups excluding carboxylic acids is 1. The average molecular weight is 409 g/mol. The van der Waals surface area contributed by atoms with Crippen molar-refractivity contribution in [2.45, 2.75) is 16.5 Å². The molecule has 0 aliphatic carbocycles. The number of hydrogen-bond donors (Lipinski definition) is 3. The number of nitrogens with one attached hydrogen (secondary N) is 1. The van der Waals surface area contributed by atoms with Gasteiger partial charge in [0.1, 0.15) is 6.73 Å². The summed E-state index contributed by atoms with van der Waals surface area (Å²) < 4.78 is 21.6. The summed E-state index contributed by atoms with van der Waals surface area (Å²) in [5.41, 5.74) is 1.06. The fraction of sp³-hybridized carbons (Fsp3) is 0.125. The molecule has 1 aromatic heterocycles. The van der Waals surface area contributed by atoms with E-state index >= 15 is 0 Å². The first kappa shape index (κ1) is 19.4. The second-order valence-electron chi connectivity index (χ2n) is 5.29. The molecule has 0 atom stereocenters. The van der Waals surface area contributed by atoms with E-state index in [-0.39, 0.29) is 5.95 Å². The summed E-state index contributed by atoms with van der Waals surface area (Å²) in [6.45, 7) is -0.500. The lowest BCUT2D eigenvalue weighted by Crippen LogP contribution is -2.16. The first-order chi connectivity index (χ1) is 12.9. The van der Waals surface area contributed by atoms with E-state index in [1.54, 1.807) is 12.1 Å². The van der Waals surface area contributed by atoms with Crippen LogP contribution < -0.4 is 5.32 Å². The molecule has 2 aromatic carbocycles. The average Bonchev–Trinajstić information content (AvgIpc) is 2.96. The number of carbonyl (C=O) groups is 1. The molecule has 0 unspecified atom stereocenters. The fourth-order valence-corrected chi connectivity index (χ4v) is 3.43. The summed E-state index contributed by atoms with van der Waals surface area (Å²) in [4.78, 5) is 35.7. The van der Waals surface area contributed by atoms with Crippen LogP contribution in [0.2, 0.25) is 0 Å². The van der Waals surface area contributed by atoms with Gasteiger partial charge in [-0.15, -0.1) is 0 Å². The van der Waals surface area contributed by atoms with Gasteiger partial charge < -0.3 is 14.5 Å². The number of fused-ring (bicyclic) bond motifs is 1. The van der Waals surface area contributed by atoms with Crippen LogP contribution in [0.15, 0.2) is 58.3 Å². The van der Waals surface area contributed by atoms with E-state index in [1.165, 1.54) is 23.4 Å². The summed E-state index contributed by atoms with van der Waals surface area (Å²) >= 11 is 1.51. The van der Waals surface area contributed by atoms with Crippen molar-refractivity contribution < 1.29 is 28.4 Å². The quantitative estimate of drug-likeness (QED) is 0.529. The van der Waals surface area contributed by atoms with Crippen LogP contribution in [-0.4, -0.2) is 32.5 Å². The number of benzene rings is 2. The highest BCUT2D eigenvalue weighted by molar-refractivity contribution is 7.99. The number of amides is 1. The van der Waals surface area contributed by atoms with Crippen molar-refractivity contribution in [2.75, 3.05) is 12.4 Å². The van der Waals surface area contributed by atoms with Crippen LogP contribution in [0.1, 0.15) is 0 Å². The zero-order valence-corrected chi connectivity index (χ0v) is 15.8. The highest BCUT2D eigenvalue weighted by Crippen LogP contribution is 2.37. The molecule has 9 nitrogen and oxygen atoms in total. The van der Waals surface area contributed by atoms with Gasteiger partial charge in [-0.3, -0.25) is 14.4 Å². The molecule has 0 aliphatic rings. The molecule has 0 spiro atoms. The van der Waals surface area contributed by atoms with Gasteiger partial charge in [-0.25, -0.2) is 14.3 Å². The minimum Gasteiger partial charge on any atom is -0.453 e. The Morgan fingerprint density at radius 3 is 2.63 bits per heavy atom. The van der Waals surface area contributed by atoms with Crippen molar-refractivity contribution in [1.29, 1.82) is 0 Å². The van der Waals surface area contributed by atoms with Gasteiger partial charge in [-0.2, -0.15) is 0 Å². The SMILES string of the molecule is COC(=O)Nc1nc2ccc(Sc3ccccc3)cc2n1COP(=O)(O)O. The van der Waals surface area contributed by atoms with Crippen LogP contribution >= 0.6 is 19.6 Å². The Bertz CT molecular complexity index is 1000. The first-order valence-electron chi connectivity index (χ1n) is 7.64. The lowest BCUT2D eigenvalue weighted by atomic mass is 10.3. The van der Waals surface area contributed by atoms with Gasteiger partial charge in [0.2, 0.25) is 5.95 Å². The molecule has 1 heterocycles. The predicted molar refractivity (Wildman–Crippen MR) is 99.5 cm³/mol. The van der Waals surface area contributed by atoms with E-state index in [1.807, 2.05) is 36.4 Å². The maximum atomic E-state index is 11.5. The molecule has 0 fully saturated rings. The number of imidazole rings is 1. The van der Waals surface area contributed by atoms with Crippen LogP contribution in [0.4, 0.5) is 10.7 Å². The number of nitrogens with zero attached hydrogens (tertiary/aromatic N) is 2. The first-order valence-corrected chi connectivity index (χ1v) is 9.98. The third-order valence-electron chi connectivity index (χ3n) is 3.45. The minimum absolute atomic E-state index is 0.0483. The van der Waals surface area contributed by atoms with Crippen LogP contribution in [0.3, 0.4) is 0 Å². The van der Waals surface area contributed by atoms with Gasteiger partial charge in [-0.05, 0) is 30.3 Å². The molecule has 3 rings (SSSR count). The summed E-state index contributed by atoms with van der Waals surface area (Å²) in [7, 11) is -3.51. The Labute approximate surface area is 158 Å². The molecular weight excluding hydrogens is 393 g/mol. The maximum absolute atomic E-state index is 11.5. The molecule has 0 bridgehead atoms. The Hall–Kier alpha value is -2.36. The molecule has 0 aliphatic heterocycles. The third kappa shape index (κ3) is 5.09. The van der Waals surface area contributed by atoms with Crippen molar-refractivity contribution in [3.05, 3.63) is 48.5 Å². The Balaban J connectivity index is 1.99. The van der Waals surface area contributed by atoms with Crippen molar-refractivity contribution in [1.82, 2.24) is 9.55 Å². The molecule has 3 aromatic rings. The van der Waals surface area contributed by atoms with E-state index in [2.05, 4.69) is 19.6 Å². The van der Waals surface area contributed by atoms with Gasteiger partial charge in [0.15, 0.2) is 0 Å². The zero-order valence-electron chi connectivity index (χ0n) is 14.1. The summed E-state index contributed by atoms with van der Waals surface area (Å²) in [6.07, 6.45) is -0.762. The second kappa shape index (κ2) is 8.12. The standard InChI is InChI=1S/C16H16N3O6PS/c1-24-16(20)18-15-17-13-8-7-12(27-11-5-3-2-4-6-11)9-14(13)19(15)10-25-26(21,22)23/h2-9H,10H2,1H3,(H,17,18,20)(H2,21,22,23). The molecule has 0 radical (unpaired) electrons. The minimum atomic E-state index is -4.71.